The molecule has 6 saturated heterocycles. The van der Waals surface area contributed by atoms with E-state index in [1.165, 1.54) is 12.8 Å². The molecule has 0 N–H and O–H groups in total. The molecule has 0 aromatic rings. The van der Waals surface area contributed by atoms with E-state index in [1.807, 2.05) is 0 Å². The zero-order valence-electron chi connectivity index (χ0n) is 22.6. The van der Waals surface area contributed by atoms with Gasteiger partial charge in [-0.2, -0.15) is 0 Å². The van der Waals surface area contributed by atoms with Gasteiger partial charge in [0.2, 0.25) is 0 Å². The van der Waals surface area contributed by atoms with Crippen LogP contribution in [0.4, 0.5) is 0 Å². The number of hydrogen-bond donors (Lipinski definition) is 0. The van der Waals surface area contributed by atoms with E-state index in [0.717, 1.165) is 142 Å². The first-order valence-corrected chi connectivity index (χ1v) is 15.6. The standard InChI is InChI=1S/C30H50O6/c1-7-19-31-25(13-1)27(15-3-9-21-33-27)29(17-5-11-23-35-29)30(18-6-12-24-36-30)28(16-4-10-22-34-28)26-14-2-8-20-32-26/h25-26H,1-24H2. The maximum absolute atomic E-state index is 7.31. The molecule has 36 heavy (non-hydrogen) atoms. The Hall–Kier alpha value is -0.240. The third-order valence-electron chi connectivity index (χ3n) is 10.6. The zero-order chi connectivity index (χ0) is 24.4. The number of ether oxygens (including phenoxy) is 6. The van der Waals surface area contributed by atoms with Crippen molar-refractivity contribution in [1.82, 2.24) is 0 Å². The van der Waals surface area contributed by atoms with Gasteiger partial charge in [-0.1, -0.05) is 0 Å². The third-order valence-corrected chi connectivity index (χ3v) is 10.6. The molecule has 0 aromatic carbocycles. The molecule has 0 saturated carbocycles. The van der Waals surface area contributed by atoms with Crippen LogP contribution in [0.2, 0.25) is 0 Å². The van der Waals surface area contributed by atoms with Crippen LogP contribution in [0.3, 0.4) is 0 Å². The van der Waals surface area contributed by atoms with Crippen LogP contribution in [-0.2, 0) is 28.4 Å². The number of hydrogen-bond acceptors (Lipinski definition) is 6. The van der Waals surface area contributed by atoms with Gasteiger partial charge in [0.05, 0.1) is 12.2 Å². The second kappa shape index (κ2) is 11.1. The van der Waals surface area contributed by atoms with Gasteiger partial charge in [0.1, 0.15) is 22.4 Å². The summed E-state index contributed by atoms with van der Waals surface area (Å²) in [4.78, 5) is 0. The lowest BCUT2D eigenvalue weighted by atomic mass is 9.52. The van der Waals surface area contributed by atoms with Crippen molar-refractivity contribution in [3.63, 3.8) is 0 Å². The Labute approximate surface area is 218 Å². The molecule has 6 heteroatoms. The highest BCUT2D eigenvalue weighted by atomic mass is 16.6. The van der Waals surface area contributed by atoms with Gasteiger partial charge in [-0.15, -0.1) is 0 Å². The van der Waals surface area contributed by atoms with E-state index in [1.54, 1.807) is 0 Å². The summed E-state index contributed by atoms with van der Waals surface area (Å²) >= 11 is 0. The Bertz CT molecular complexity index is 628. The molecule has 0 radical (unpaired) electrons. The normalized spacial score (nSPS) is 47.3. The van der Waals surface area contributed by atoms with Crippen molar-refractivity contribution in [3.8, 4) is 0 Å². The fourth-order valence-corrected chi connectivity index (χ4v) is 9.09. The van der Waals surface area contributed by atoms with Crippen LogP contribution < -0.4 is 0 Å². The van der Waals surface area contributed by atoms with Gasteiger partial charge in [-0.25, -0.2) is 0 Å². The molecule has 6 aliphatic heterocycles. The van der Waals surface area contributed by atoms with Crippen LogP contribution in [0.1, 0.15) is 116 Å². The maximum atomic E-state index is 7.31. The Morgan fingerprint density at radius 2 is 0.750 bits per heavy atom. The summed E-state index contributed by atoms with van der Waals surface area (Å²) in [5.74, 6) is 0. The summed E-state index contributed by atoms with van der Waals surface area (Å²) in [6, 6.07) is 0. The molecule has 206 valence electrons. The largest absolute Gasteiger partial charge is 0.375 e. The van der Waals surface area contributed by atoms with Crippen molar-refractivity contribution in [2.24, 2.45) is 0 Å². The highest BCUT2D eigenvalue weighted by Gasteiger charge is 2.77. The van der Waals surface area contributed by atoms with Crippen LogP contribution in [0.15, 0.2) is 0 Å². The monoisotopic (exact) mass is 506 g/mol. The fourth-order valence-electron chi connectivity index (χ4n) is 9.09. The Balaban J connectivity index is 1.54. The van der Waals surface area contributed by atoms with Crippen LogP contribution in [0, 0.1) is 0 Å². The molecule has 6 fully saturated rings. The first-order chi connectivity index (χ1) is 17.8. The van der Waals surface area contributed by atoms with E-state index in [-0.39, 0.29) is 12.2 Å². The minimum absolute atomic E-state index is 0.0555. The van der Waals surface area contributed by atoms with Gasteiger partial charge in [-0.3, -0.25) is 0 Å². The lowest BCUT2D eigenvalue weighted by Gasteiger charge is -2.69. The second-order valence-corrected chi connectivity index (χ2v) is 12.4. The molecule has 0 aromatic heterocycles. The van der Waals surface area contributed by atoms with Crippen molar-refractivity contribution in [2.75, 3.05) is 39.6 Å². The highest BCUT2D eigenvalue weighted by Crippen LogP contribution is 2.62. The predicted octanol–water partition coefficient (Wildman–Crippen LogP) is 5.88. The van der Waals surface area contributed by atoms with E-state index >= 15 is 0 Å². The summed E-state index contributed by atoms with van der Waals surface area (Å²) < 4.78 is 42.2. The molecule has 6 atom stereocenters. The summed E-state index contributed by atoms with van der Waals surface area (Å²) in [5.41, 5.74) is -2.16. The average molecular weight is 507 g/mol. The van der Waals surface area contributed by atoms with Gasteiger partial charge in [0.25, 0.3) is 0 Å². The number of rotatable bonds is 5. The molecular weight excluding hydrogens is 456 g/mol. The topological polar surface area (TPSA) is 55.4 Å². The summed E-state index contributed by atoms with van der Waals surface area (Å²) in [6.45, 7) is 4.76. The van der Waals surface area contributed by atoms with E-state index in [4.69, 9.17) is 28.4 Å². The third kappa shape index (κ3) is 4.03. The van der Waals surface area contributed by atoms with Gasteiger partial charge in [-0.05, 0) is 116 Å². The highest BCUT2D eigenvalue weighted by molar-refractivity contribution is 5.27. The Morgan fingerprint density at radius 3 is 1.06 bits per heavy atom. The molecule has 6 unspecified atom stereocenters. The lowest BCUT2D eigenvalue weighted by molar-refractivity contribution is -0.397. The van der Waals surface area contributed by atoms with E-state index < -0.39 is 22.4 Å². The molecule has 6 nitrogen and oxygen atoms in total. The molecule has 0 spiro atoms. The molecule has 0 aliphatic carbocycles. The van der Waals surface area contributed by atoms with E-state index in [2.05, 4.69) is 0 Å². The average Bonchev–Trinajstić information content (AvgIpc) is 2.99. The maximum Gasteiger partial charge on any atom is 0.131 e. The van der Waals surface area contributed by atoms with Crippen molar-refractivity contribution in [1.29, 1.82) is 0 Å². The van der Waals surface area contributed by atoms with Gasteiger partial charge >= 0.3 is 0 Å². The molecule has 6 aliphatic rings. The predicted molar refractivity (Wildman–Crippen MR) is 137 cm³/mol. The van der Waals surface area contributed by atoms with Crippen molar-refractivity contribution in [3.05, 3.63) is 0 Å². The Morgan fingerprint density at radius 1 is 0.361 bits per heavy atom. The summed E-state index contributed by atoms with van der Waals surface area (Å²) in [6.07, 6.45) is 19.9. The lowest BCUT2D eigenvalue weighted by Crippen LogP contribution is -2.84. The van der Waals surface area contributed by atoms with Gasteiger partial charge in [0.15, 0.2) is 0 Å². The van der Waals surface area contributed by atoms with Gasteiger partial charge < -0.3 is 28.4 Å². The molecule has 6 heterocycles. The summed E-state index contributed by atoms with van der Waals surface area (Å²) in [5, 5.41) is 0. The van der Waals surface area contributed by atoms with E-state index in [0.29, 0.717) is 0 Å². The minimum atomic E-state index is -0.584. The zero-order valence-corrected chi connectivity index (χ0v) is 22.6. The molecule has 0 amide bonds. The van der Waals surface area contributed by atoms with Crippen molar-refractivity contribution >= 4 is 0 Å². The first kappa shape index (κ1) is 26.0. The van der Waals surface area contributed by atoms with Crippen molar-refractivity contribution in [2.45, 2.75) is 150 Å². The summed E-state index contributed by atoms with van der Waals surface area (Å²) in [7, 11) is 0. The quantitative estimate of drug-likeness (QED) is 0.464. The van der Waals surface area contributed by atoms with Crippen LogP contribution in [0.25, 0.3) is 0 Å². The van der Waals surface area contributed by atoms with E-state index in [9.17, 15) is 0 Å². The first-order valence-electron chi connectivity index (χ1n) is 15.6. The van der Waals surface area contributed by atoms with Crippen molar-refractivity contribution < 1.29 is 28.4 Å². The molecular formula is C30H50O6. The smallest absolute Gasteiger partial charge is 0.131 e. The molecule has 0 bridgehead atoms. The fraction of sp³-hybridized carbons (Fsp3) is 1.00. The minimum Gasteiger partial charge on any atom is -0.375 e. The van der Waals surface area contributed by atoms with Crippen LogP contribution in [-0.4, -0.2) is 74.3 Å². The molecule has 6 rings (SSSR count). The van der Waals surface area contributed by atoms with Crippen LogP contribution >= 0.6 is 0 Å². The Kier molecular flexibility index (Phi) is 8.01. The van der Waals surface area contributed by atoms with Gasteiger partial charge in [0, 0.05) is 39.6 Å². The second-order valence-electron chi connectivity index (χ2n) is 12.4. The SMILES string of the molecule is C1CCC(C2(C3(C4(C5(C6CCCCO6)CCCCO5)CCCCO4)CCCCO3)CCCCO2)OC1. The van der Waals surface area contributed by atoms with Crippen LogP contribution in [0.5, 0.6) is 0 Å².